The van der Waals surface area contributed by atoms with Crippen molar-refractivity contribution in [3.63, 3.8) is 0 Å². The molecule has 2 N–H and O–H groups in total. The number of benzene rings is 1. The fourth-order valence-electron chi connectivity index (χ4n) is 3.44. The summed E-state index contributed by atoms with van der Waals surface area (Å²) in [5.74, 6) is 0.326. The number of hydrogen-bond donors (Lipinski definition) is 1. The van der Waals surface area contributed by atoms with Gasteiger partial charge in [0.05, 0.1) is 34.0 Å². The number of amides is 1. The Hall–Kier alpha value is -2.24. The number of methoxy groups -OCH3 is 1. The standard InChI is InChI=1S/C21H23Cl2N3O2/c1-4-5-10-21(2,20(24)27)18-17(13-6-8-15(28-3)9-7-13)25-19-16(23)11-14(22)12-26(18)19/h6-9,11-12H,4-5,10H2,1-3H3,(H2,24,27). The molecule has 5 nitrogen and oxygen atoms in total. The minimum atomic E-state index is -0.932. The lowest BCUT2D eigenvalue weighted by Crippen LogP contribution is -2.40. The molecule has 2 aromatic heterocycles. The van der Waals surface area contributed by atoms with Crippen molar-refractivity contribution in [2.24, 2.45) is 5.73 Å². The average Bonchev–Trinajstić information content (AvgIpc) is 3.06. The predicted octanol–water partition coefficient (Wildman–Crippen LogP) is 5.25. The summed E-state index contributed by atoms with van der Waals surface area (Å²) in [6.45, 7) is 3.93. The van der Waals surface area contributed by atoms with Gasteiger partial charge in [0.25, 0.3) is 0 Å². The zero-order valence-electron chi connectivity index (χ0n) is 16.1. The normalized spacial score (nSPS) is 13.5. The third-order valence-electron chi connectivity index (χ3n) is 5.10. The van der Waals surface area contributed by atoms with E-state index >= 15 is 0 Å². The first-order valence-corrected chi connectivity index (χ1v) is 9.89. The molecule has 3 aromatic rings. The highest BCUT2D eigenvalue weighted by Crippen LogP contribution is 2.39. The molecule has 1 amide bonds. The SMILES string of the molecule is CCCCC(C)(C(N)=O)c1c(-c2ccc(OC)cc2)nc2c(Cl)cc(Cl)cn12. The van der Waals surface area contributed by atoms with E-state index in [-0.39, 0.29) is 0 Å². The molecule has 0 saturated heterocycles. The van der Waals surface area contributed by atoms with Crippen molar-refractivity contribution in [3.05, 3.63) is 52.3 Å². The number of ether oxygens (including phenoxy) is 1. The highest BCUT2D eigenvalue weighted by Gasteiger charge is 2.39. The Morgan fingerprint density at radius 2 is 1.96 bits per heavy atom. The van der Waals surface area contributed by atoms with Crippen LogP contribution in [0.1, 0.15) is 38.8 Å². The van der Waals surface area contributed by atoms with Crippen LogP contribution in [-0.2, 0) is 10.2 Å². The van der Waals surface area contributed by atoms with Crippen molar-refractivity contribution in [2.75, 3.05) is 7.11 Å². The van der Waals surface area contributed by atoms with Gasteiger partial charge in [0.1, 0.15) is 5.75 Å². The van der Waals surface area contributed by atoms with Gasteiger partial charge in [-0.25, -0.2) is 4.98 Å². The summed E-state index contributed by atoms with van der Waals surface area (Å²) in [4.78, 5) is 17.4. The number of pyridine rings is 1. The summed E-state index contributed by atoms with van der Waals surface area (Å²) in [7, 11) is 1.61. The molecule has 0 spiro atoms. The van der Waals surface area contributed by atoms with Crippen molar-refractivity contribution < 1.29 is 9.53 Å². The van der Waals surface area contributed by atoms with Crippen LogP contribution in [0.5, 0.6) is 5.75 Å². The molecule has 0 aliphatic heterocycles. The molecule has 0 saturated carbocycles. The number of unbranched alkanes of at least 4 members (excludes halogenated alkanes) is 1. The fourth-order valence-corrected chi connectivity index (χ4v) is 3.95. The number of rotatable bonds is 7. The second kappa shape index (κ2) is 8.02. The van der Waals surface area contributed by atoms with Gasteiger partial charge in [-0.05, 0) is 43.7 Å². The van der Waals surface area contributed by atoms with Crippen LogP contribution in [-0.4, -0.2) is 22.4 Å². The molecule has 0 aliphatic carbocycles. The van der Waals surface area contributed by atoms with Crippen molar-refractivity contribution >= 4 is 34.8 Å². The van der Waals surface area contributed by atoms with E-state index in [1.54, 1.807) is 23.8 Å². The maximum atomic E-state index is 12.6. The second-order valence-electron chi connectivity index (χ2n) is 7.04. The Labute approximate surface area is 174 Å². The van der Waals surface area contributed by atoms with Crippen LogP contribution in [0.4, 0.5) is 0 Å². The number of carbonyl (C=O) groups is 1. The number of primary amides is 1. The molecule has 1 atom stereocenters. The van der Waals surface area contributed by atoms with Gasteiger partial charge in [0.2, 0.25) is 5.91 Å². The van der Waals surface area contributed by atoms with E-state index in [4.69, 9.17) is 38.7 Å². The van der Waals surface area contributed by atoms with Gasteiger partial charge in [-0.3, -0.25) is 9.20 Å². The molecule has 7 heteroatoms. The van der Waals surface area contributed by atoms with E-state index < -0.39 is 11.3 Å². The van der Waals surface area contributed by atoms with E-state index in [2.05, 4.69) is 6.92 Å². The molecule has 0 bridgehead atoms. The van der Waals surface area contributed by atoms with Crippen LogP contribution < -0.4 is 10.5 Å². The first-order chi connectivity index (χ1) is 13.3. The third-order valence-corrected chi connectivity index (χ3v) is 5.59. The molecular weight excluding hydrogens is 397 g/mol. The first-order valence-electron chi connectivity index (χ1n) is 9.13. The number of nitrogens with zero attached hydrogens (tertiary/aromatic N) is 2. The van der Waals surface area contributed by atoms with Crippen molar-refractivity contribution in [1.29, 1.82) is 0 Å². The molecule has 1 aromatic carbocycles. The molecule has 28 heavy (non-hydrogen) atoms. The van der Waals surface area contributed by atoms with Gasteiger partial charge < -0.3 is 10.5 Å². The number of carbonyl (C=O) groups excluding carboxylic acids is 1. The largest absolute Gasteiger partial charge is 0.497 e. The summed E-state index contributed by atoms with van der Waals surface area (Å²) < 4.78 is 7.05. The Bertz CT molecular complexity index is 1010. The first kappa shape index (κ1) is 20.5. The molecule has 3 rings (SSSR count). The Balaban J connectivity index is 2.35. The number of fused-ring (bicyclic) bond motifs is 1. The molecule has 0 radical (unpaired) electrons. The van der Waals surface area contributed by atoms with E-state index in [1.165, 1.54) is 0 Å². The van der Waals surface area contributed by atoms with Crippen molar-refractivity contribution in [3.8, 4) is 17.0 Å². The molecule has 0 fully saturated rings. The quantitative estimate of drug-likeness (QED) is 0.568. The minimum Gasteiger partial charge on any atom is -0.497 e. The fraction of sp³-hybridized carbons (Fsp3) is 0.333. The highest BCUT2D eigenvalue weighted by molar-refractivity contribution is 6.36. The smallest absolute Gasteiger partial charge is 0.229 e. The zero-order valence-corrected chi connectivity index (χ0v) is 17.6. The van der Waals surface area contributed by atoms with E-state index in [9.17, 15) is 4.79 Å². The number of imidazole rings is 1. The van der Waals surface area contributed by atoms with Gasteiger partial charge in [-0.1, -0.05) is 43.0 Å². The molecular formula is C21H23Cl2N3O2. The van der Waals surface area contributed by atoms with Crippen LogP contribution in [0.2, 0.25) is 10.0 Å². The van der Waals surface area contributed by atoms with Crippen LogP contribution >= 0.6 is 23.2 Å². The minimum absolute atomic E-state index is 0.409. The summed E-state index contributed by atoms with van der Waals surface area (Å²) in [6.07, 6.45) is 4.12. The summed E-state index contributed by atoms with van der Waals surface area (Å²) in [5.41, 5.74) is 7.70. The van der Waals surface area contributed by atoms with Crippen LogP contribution in [0.15, 0.2) is 36.5 Å². The van der Waals surface area contributed by atoms with E-state index in [1.807, 2.05) is 31.2 Å². The van der Waals surface area contributed by atoms with E-state index in [0.29, 0.717) is 33.5 Å². The zero-order chi connectivity index (χ0) is 20.5. The molecule has 1 unspecified atom stereocenters. The van der Waals surface area contributed by atoms with Gasteiger partial charge >= 0.3 is 0 Å². The number of halogens is 2. The Morgan fingerprint density at radius 3 is 2.54 bits per heavy atom. The van der Waals surface area contributed by atoms with E-state index in [0.717, 1.165) is 24.2 Å². The molecule has 0 aliphatic rings. The molecule has 2 heterocycles. The maximum Gasteiger partial charge on any atom is 0.229 e. The van der Waals surface area contributed by atoms with Crippen LogP contribution in [0, 0.1) is 0 Å². The lowest BCUT2D eigenvalue weighted by Gasteiger charge is -2.27. The summed E-state index contributed by atoms with van der Waals surface area (Å²) in [6, 6.07) is 9.15. The Morgan fingerprint density at radius 1 is 1.29 bits per heavy atom. The Kier molecular flexibility index (Phi) is 5.87. The van der Waals surface area contributed by atoms with Crippen molar-refractivity contribution in [1.82, 2.24) is 9.38 Å². The third kappa shape index (κ3) is 3.56. The maximum absolute atomic E-state index is 12.6. The van der Waals surface area contributed by atoms with Gasteiger partial charge in [-0.2, -0.15) is 0 Å². The number of aromatic nitrogens is 2. The highest BCUT2D eigenvalue weighted by atomic mass is 35.5. The monoisotopic (exact) mass is 419 g/mol. The average molecular weight is 420 g/mol. The summed E-state index contributed by atoms with van der Waals surface area (Å²) in [5, 5.41) is 0.871. The van der Waals surface area contributed by atoms with Crippen LogP contribution in [0.25, 0.3) is 16.9 Å². The second-order valence-corrected chi connectivity index (χ2v) is 7.88. The lowest BCUT2D eigenvalue weighted by atomic mass is 9.79. The van der Waals surface area contributed by atoms with Gasteiger partial charge in [0, 0.05) is 11.8 Å². The van der Waals surface area contributed by atoms with Gasteiger partial charge in [0.15, 0.2) is 5.65 Å². The number of hydrogen-bond acceptors (Lipinski definition) is 3. The number of nitrogens with two attached hydrogens (primary N) is 1. The molecule has 148 valence electrons. The predicted molar refractivity (Wildman–Crippen MR) is 113 cm³/mol. The summed E-state index contributed by atoms with van der Waals surface area (Å²) >= 11 is 12.7. The topological polar surface area (TPSA) is 69.6 Å². The van der Waals surface area contributed by atoms with Gasteiger partial charge in [-0.15, -0.1) is 0 Å². The van der Waals surface area contributed by atoms with Crippen molar-refractivity contribution in [2.45, 2.75) is 38.5 Å². The van der Waals surface area contributed by atoms with Crippen LogP contribution in [0.3, 0.4) is 0 Å². The lowest BCUT2D eigenvalue weighted by molar-refractivity contribution is -0.123.